The van der Waals surface area contributed by atoms with Crippen LogP contribution >= 0.6 is 11.6 Å². The Labute approximate surface area is 173 Å². The van der Waals surface area contributed by atoms with E-state index in [9.17, 15) is 18.7 Å². The zero-order valence-corrected chi connectivity index (χ0v) is 16.5. The topological polar surface area (TPSA) is 61.8 Å². The lowest BCUT2D eigenvalue weighted by atomic mass is 10.00. The molecule has 3 rings (SSSR count). The van der Waals surface area contributed by atoms with Crippen LogP contribution in [0.4, 0.5) is 13.6 Å². The van der Waals surface area contributed by atoms with Crippen LogP contribution in [0.1, 0.15) is 17.2 Å². The third-order valence-corrected chi connectivity index (χ3v) is 5.16. The summed E-state index contributed by atoms with van der Waals surface area (Å²) >= 11 is 5.88. The fourth-order valence-electron chi connectivity index (χ4n) is 3.25. The van der Waals surface area contributed by atoms with Crippen LogP contribution in [0.2, 0.25) is 5.02 Å². The number of halogens is 3. The van der Waals surface area contributed by atoms with E-state index in [-0.39, 0.29) is 25.1 Å². The van der Waals surface area contributed by atoms with Crippen LogP contribution in [0, 0.1) is 17.6 Å². The van der Waals surface area contributed by atoms with Gasteiger partial charge in [0.2, 0.25) is 0 Å². The van der Waals surface area contributed by atoms with Gasteiger partial charge in [-0.1, -0.05) is 29.8 Å². The Balaban J connectivity index is 1.53. The van der Waals surface area contributed by atoms with Gasteiger partial charge in [-0.15, -0.1) is 0 Å². The fraction of sp³-hybridized carbons (Fsp3) is 0.381. The maximum absolute atomic E-state index is 13.5. The molecule has 2 atom stereocenters. The predicted octanol–water partition coefficient (Wildman–Crippen LogP) is 3.55. The third-order valence-electron chi connectivity index (χ3n) is 4.91. The minimum absolute atomic E-state index is 0.0660. The van der Waals surface area contributed by atoms with E-state index in [1.165, 1.54) is 6.07 Å². The summed E-state index contributed by atoms with van der Waals surface area (Å²) in [6.45, 7) is 1.17. The number of urea groups is 1. The Morgan fingerprint density at radius 1 is 1.24 bits per heavy atom. The molecule has 2 N–H and O–H groups in total. The summed E-state index contributed by atoms with van der Waals surface area (Å²) in [7, 11) is 0. The number of aliphatic hydroxyl groups excluding tert-OH is 1. The molecule has 0 aliphatic carbocycles. The van der Waals surface area contributed by atoms with E-state index in [1.807, 2.05) is 12.1 Å². The number of amides is 2. The number of rotatable bonds is 6. The summed E-state index contributed by atoms with van der Waals surface area (Å²) in [5.74, 6) is -2.00. The minimum atomic E-state index is -0.944. The molecule has 8 heteroatoms. The van der Waals surface area contributed by atoms with Crippen LogP contribution in [0.3, 0.4) is 0 Å². The molecular weight excluding hydrogens is 402 g/mol. The minimum Gasteiger partial charge on any atom is -0.396 e. The van der Waals surface area contributed by atoms with Crippen molar-refractivity contribution in [2.75, 3.05) is 32.8 Å². The number of hydrogen-bond donors (Lipinski definition) is 2. The van der Waals surface area contributed by atoms with Gasteiger partial charge in [-0.05, 0) is 41.8 Å². The smallest absolute Gasteiger partial charge is 0.317 e. The molecule has 0 aromatic heterocycles. The van der Waals surface area contributed by atoms with E-state index >= 15 is 0 Å². The fourth-order valence-corrected chi connectivity index (χ4v) is 3.37. The van der Waals surface area contributed by atoms with Gasteiger partial charge >= 0.3 is 6.03 Å². The third kappa shape index (κ3) is 5.88. The molecule has 0 spiro atoms. The molecule has 156 valence electrons. The Morgan fingerprint density at radius 2 is 2.00 bits per heavy atom. The van der Waals surface area contributed by atoms with Crippen LogP contribution in [0.15, 0.2) is 42.5 Å². The van der Waals surface area contributed by atoms with Crippen molar-refractivity contribution in [3.05, 3.63) is 70.2 Å². The van der Waals surface area contributed by atoms with Crippen molar-refractivity contribution >= 4 is 17.6 Å². The Bertz CT molecular complexity index is 835. The van der Waals surface area contributed by atoms with Crippen LogP contribution in [0.5, 0.6) is 0 Å². The summed E-state index contributed by atoms with van der Waals surface area (Å²) in [5, 5.41) is 13.1. The normalized spacial score (nSPS) is 17.8. The van der Waals surface area contributed by atoms with Gasteiger partial charge in [0, 0.05) is 30.6 Å². The van der Waals surface area contributed by atoms with Crippen molar-refractivity contribution in [1.29, 1.82) is 0 Å². The molecule has 1 saturated heterocycles. The highest BCUT2D eigenvalue weighted by Crippen LogP contribution is 2.24. The first-order valence-corrected chi connectivity index (χ1v) is 9.78. The molecule has 1 aliphatic heterocycles. The summed E-state index contributed by atoms with van der Waals surface area (Å²) in [4.78, 5) is 14.1. The first-order valence-electron chi connectivity index (χ1n) is 9.41. The van der Waals surface area contributed by atoms with Gasteiger partial charge < -0.3 is 20.1 Å². The highest BCUT2D eigenvalue weighted by molar-refractivity contribution is 6.30. The lowest BCUT2D eigenvalue weighted by Gasteiger charge is -2.33. The first-order chi connectivity index (χ1) is 14.0. The maximum Gasteiger partial charge on any atom is 0.317 e. The highest BCUT2D eigenvalue weighted by Gasteiger charge is 2.26. The second-order valence-electron chi connectivity index (χ2n) is 7.04. The van der Waals surface area contributed by atoms with Gasteiger partial charge in [-0.2, -0.15) is 0 Å². The number of morpholine rings is 1. The van der Waals surface area contributed by atoms with E-state index in [0.717, 1.165) is 17.7 Å². The SMILES string of the molecule is O=C(NCC(CO)Cc1ccc(Cl)cc1)N1CCOC(c2ccc(F)c(F)c2)C1. The number of hydrogen-bond acceptors (Lipinski definition) is 3. The number of nitrogens with one attached hydrogen (secondary N) is 1. The Kier molecular flexibility index (Phi) is 7.41. The van der Waals surface area contributed by atoms with Crippen LogP contribution in [-0.2, 0) is 11.2 Å². The molecule has 2 aromatic rings. The number of nitrogens with zero attached hydrogens (tertiary/aromatic N) is 1. The molecule has 1 heterocycles. The van der Waals surface area contributed by atoms with E-state index in [4.69, 9.17) is 16.3 Å². The molecular formula is C21H23ClF2N2O3. The van der Waals surface area contributed by atoms with Gasteiger partial charge in [-0.25, -0.2) is 13.6 Å². The summed E-state index contributed by atoms with van der Waals surface area (Å²) < 4.78 is 32.2. The average Bonchev–Trinajstić information content (AvgIpc) is 2.74. The number of benzene rings is 2. The monoisotopic (exact) mass is 424 g/mol. The average molecular weight is 425 g/mol. The van der Waals surface area contributed by atoms with E-state index < -0.39 is 17.7 Å². The maximum atomic E-state index is 13.5. The van der Waals surface area contributed by atoms with Gasteiger partial charge in [-0.3, -0.25) is 0 Å². The summed E-state index contributed by atoms with van der Waals surface area (Å²) in [5.41, 5.74) is 1.50. The number of aliphatic hydroxyl groups is 1. The number of ether oxygens (including phenoxy) is 1. The first kappa shape index (κ1) is 21.5. The van der Waals surface area contributed by atoms with Gasteiger partial charge in [0.15, 0.2) is 11.6 Å². The van der Waals surface area contributed by atoms with Gasteiger partial charge in [0.05, 0.1) is 13.2 Å². The molecule has 0 bridgehead atoms. The molecule has 5 nitrogen and oxygen atoms in total. The summed E-state index contributed by atoms with van der Waals surface area (Å²) in [6, 6.07) is 10.7. The van der Waals surface area contributed by atoms with Crippen LogP contribution < -0.4 is 5.32 Å². The highest BCUT2D eigenvalue weighted by atomic mass is 35.5. The molecule has 29 heavy (non-hydrogen) atoms. The molecule has 2 unspecified atom stereocenters. The zero-order chi connectivity index (χ0) is 20.8. The molecule has 0 radical (unpaired) electrons. The van der Waals surface area contributed by atoms with Gasteiger partial charge in [0.25, 0.3) is 0 Å². The molecule has 1 aliphatic rings. The Hall–Kier alpha value is -2.22. The number of carbonyl (C=O) groups excluding carboxylic acids is 1. The van der Waals surface area contributed by atoms with Crippen molar-refractivity contribution in [2.24, 2.45) is 5.92 Å². The number of carbonyl (C=O) groups is 1. The van der Waals surface area contributed by atoms with Crippen molar-refractivity contribution in [3.63, 3.8) is 0 Å². The standard InChI is InChI=1S/C21H23ClF2N2O3/c22-17-4-1-14(2-5-17)9-15(13-27)11-25-21(28)26-7-8-29-20(12-26)16-3-6-18(23)19(24)10-16/h1-6,10,15,20,27H,7-9,11-13H2,(H,25,28). The quantitative estimate of drug-likeness (QED) is 0.745. The molecule has 1 fully saturated rings. The second kappa shape index (κ2) is 10.0. The van der Waals surface area contributed by atoms with Crippen molar-refractivity contribution in [2.45, 2.75) is 12.5 Å². The predicted molar refractivity (Wildman–Crippen MR) is 106 cm³/mol. The lowest BCUT2D eigenvalue weighted by molar-refractivity contribution is -0.0157. The molecule has 0 saturated carbocycles. The van der Waals surface area contributed by atoms with Crippen molar-refractivity contribution in [1.82, 2.24) is 10.2 Å². The second-order valence-corrected chi connectivity index (χ2v) is 7.48. The lowest BCUT2D eigenvalue weighted by Crippen LogP contribution is -2.48. The summed E-state index contributed by atoms with van der Waals surface area (Å²) in [6.07, 6.45) is 0.0847. The van der Waals surface area contributed by atoms with Crippen LogP contribution in [-0.4, -0.2) is 48.9 Å². The van der Waals surface area contributed by atoms with E-state index in [1.54, 1.807) is 17.0 Å². The largest absolute Gasteiger partial charge is 0.396 e. The van der Waals surface area contributed by atoms with Crippen LogP contribution in [0.25, 0.3) is 0 Å². The molecule has 2 amide bonds. The van der Waals surface area contributed by atoms with E-state index in [2.05, 4.69) is 5.32 Å². The van der Waals surface area contributed by atoms with Crippen molar-refractivity contribution < 1.29 is 23.4 Å². The zero-order valence-electron chi connectivity index (χ0n) is 15.8. The van der Waals surface area contributed by atoms with Crippen molar-refractivity contribution in [3.8, 4) is 0 Å². The van der Waals surface area contributed by atoms with Gasteiger partial charge in [0.1, 0.15) is 6.10 Å². The Morgan fingerprint density at radius 3 is 2.69 bits per heavy atom. The van der Waals surface area contributed by atoms with E-state index in [0.29, 0.717) is 36.7 Å². The molecule has 2 aromatic carbocycles.